The quantitative estimate of drug-likeness (QED) is 0.734. The summed E-state index contributed by atoms with van der Waals surface area (Å²) in [4.78, 5) is 23.2. The highest BCUT2D eigenvalue weighted by molar-refractivity contribution is 6.43. The van der Waals surface area contributed by atoms with Gasteiger partial charge in [-0.25, -0.2) is 4.39 Å². The average molecular weight is 274 g/mol. The Labute approximate surface area is 114 Å². The Balaban J connectivity index is 2.01. The fourth-order valence-corrected chi connectivity index (χ4v) is 1.53. The highest BCUT2D eigenvalue weighted by Gasteiger charge is 2.14. The van der Waals surface area contributed by atoms with Crippen LogP contribution in [0, 0.1) is 5.82 Å². The fourth-order valence-electron chi connectivity index (χ4n) is 1.53. The van der Waals surface area contributed by atoms with Crippen LogP contribution in [0.15, 0.2) is 48.5 Å². The Morgan fingerprint density at radius 2 is 1.45 bits per heavy atom. The minimum absolute atomic E-state index is 0.0339. The third-order valence-electron chi connectivity index (χ3n) is 2.39. The molecule has 0 aliphatic heterocycles. The molecule has 6 heteroatoms. The van der Waals surface area contributed by atoms with Crippen molar-refractivity contribution >= 4 is 23.2 Å². The molecule has 0 unspecified atom stereocenters. The number of phenols is 1. The van der Waals surface area contributed by atoms with Gasteiger partial charge in [-0.1, -0.05) is 12.1 Å². The number of carbonyl (C=O) groups is 2. The molecule has 0 heterocycles. The summed E-state index contributed by atoms with van der Waals surface area (Å²) in [6, 6.07) is 11.0. The molecule has 5 nitrogen and oxygen atoms in total. The molecule has 0 saturated carbocycles. The molecule has 3 N–H and O–H groups in total. The molecule has 2 rings (SSSR count). The van der Waals surface area contributed by atoms with Gasteiger partial charge in [0.15, 0.2) is 0 Å². The van der Waals surface area contributed by atoms with Crippen LogP contribution in [0.25, 0.3) is 0 Å². The summed E-state index contributed by atoms with van der Waals surface area (Å²) in [7, 11) is 0. The number of aromatic hydroxyl groups is 1. The van der Waals surface area contributed by atoms with Gasteiger partial charge in [-0.3, -0.25) is 9.59 Å². The largest absolute Gasteiger partial charge is 0.508 e. The molecule has 0 fully saturated rings. The number of benzene rings is 2. The van der Waals surface area contributed by atoms with Gasteiger partial charge in [-0.2, -0.15) is 0 Å². The van der Waals surface area contributed by atoms with E-state index in [0.29, 0.717) is 0 Å². The second-order valence-corrected chi connectivity index (χ2v) is 3.97. The fraction of sp³-hybridized carbons (Fsp3) is 0. The van der Waals surface area contributed by atoms with E-state index in [9.17, 15) is 19.1 Å². The first-order valence-corrected chi connectivity index (χ1v) is 5.71. The highest BCUT2D eigenvalue weighted by Crippen LogP contribution is 2.15. The van der Waals surface area contributed by atoms with Crippen LogP contribution in [0.4, 0.5) is 15.8 Å². The molecule has 0 atom stereocenters. The Morgan fingerprint density at radius 1 is 0.900 bits per heavy atom. The average Bonchev–Trinajstić information content (AvgIpc) is 2.38. The van der Waals surface area contributed by atoms with Gasteiger partial charge in [0.05, 0.1) is 0 Å². The van der Waals surface area contributed by atoms with E-state index in [1.807, 2.05) is 0 Å². The van der Waals surface area contributed by atoms with Crippen molar-refractivity contribution in [1.29, 1.82) is 0 Å². The molecule has 0 aliphatic rings. The predicted molar refractivity (Wildman–Crippen MR) is 71.8 cm³/mol. The normalized spacial score (nSPS) is 9.85. The van der Waals surface area contributed by atoms with Crippen molar-refractivity contribution in [2.24, 2.45) is 0 Å². The molecule has 0 radical (unpaired) electrons. The molecule has 2 amide bonds. The first kappa shape index (κ1) is 13.5. The van der Waals surface area contributed by atoms with Crippen molar-refractivity contribution in [1.82, 2.24) is 0 Å². The number of anilines is 2. The van der Waals surface area contributed by atoms with Crippen LogP contribution in [0.3, 0.4) is 0 Å². The first-order chi connectivity index (χ1) is 9.54. The Bertz CT molecular complexity index is 601. The zero-order valence-electron chi connectivity index (χ0n) is 10.3. The number of rotatable bonds is 2. The minimum atomic E-state index is -0.932. The zero-order valence-corrected chi connectivity index (χ0v) is 10.3. The topological polar surface area (TPSA) is 78.4 Å². The number of amides is 2. The molecule has 2 aromatic carbocycles. The third kappa shape index (κ3) is 3.55. The van der Waals surface area contributed by atoms with Crippen LogP contribution in [0.5, 0.6) is 5.75 Å². The van der Waals surface area contributed by atoms with Crippen molar-refractivity contribution in [3.05, 3.63) is 54.3 Å². The van der Waals surface area contributed by atoms with Gasteiger partial charge in [0, 0.05) is 17.4 Å². The van der Waals surface area contributed by atoms with Crippen LogP contribution in [-0.4, -0.2) is 16.9 Å². The summed E-state index contributed by atoms with van der Waals surface area (Å²) >= 11 is 0. The van der Waals surface area contributed by atoms with Crippen molar-refractivity contribution < 1.29 is 19.1 Å². The molecule has 0 aromatic heterocycles. The van der Waals surface area contributed by atoms with E-state index < -0.39 is 17.6 Å². The van der Waals surface area contributed by atoms with Crippen molar-refractivity contribution in [3.63, 3.8) is 0 Å². The molecular weight excluding hydrogens is 263 g/mol. The minimum Gasteiger partial charge on any atom is -0.508 e. The number of phenolic OH excluding ortho intramolecular Hbond substituents is 1. The third-order valence-corrected chi connectivity index (χ3v) is 2.39. The summed E-state index contributed by atoms with van der Waals surface area (Å²) in [6.45, 7) is 0. The SMILES string of the molecule is O=C(Nc1cccc(O)c1)C(=O)Nc1cccc(F)c1. The smallest absolute Gasteiger partial charge is 0.314 e. The molecule has 20 heavy (non-hydrogen) atoms. The molecule has 102 valence electrons. The Morgan fingerprint density at radius 3 is 2.00 bits per heavy atom. The Hall–Kier alpha value is -2.89. The zero-order chi connectivity index (χ0) is 14.5. The lowest BCUT2D eigenvalue weighted by atomic mass is 10.3. The monoisotopic (exact) mass is 274 g/mol. The molecule has 0 bridgehead atoms. The second kappa shape index (κ2) is 5.83. The maximum absolute atomic E-state index is 12.9. The van der Waals surface area contributed by atoms with E-state index in [0.717, 1.165) is 6.07 Å². The van der Waals surface area contributed by atoms with Gasteiger partial charge >= 0.3 is 11.8 Å². The van der Waals surface area contributed by atoms with Gasteiger partial charge in [-0.05, 0) is 30.3 Å². The van der Waals surface area contributed by atoms with Crippen molar-refractivity contribution in [2.45, 2.75) is 0 Å². The van der Waals surface area contributed by atoms with Gasteiger partial charge in [0.25, 0.3) is 0 Å². The van der Waals surface area contributed by atoms with Crippen LogP contribution in [0.1, 0.15) is 0 Å². The lowest BCUT2D eigenvalue weighted by Gasteiger charge is -2.06. The van der Waals surface area contributed by atoms with E-state index in [2.05, 4.69) is 10.6 Å². The standard InChI is InChI=1S/C14H11FN2O3/c15-9-3-1-4-10(7-9)16-13(19)14(20)17-11-5-2-6-12(18)8-11/h1-8,18H,(H,16,19)(H,17,20). The summed E-state index contributed by atoms with van der Waals surface area (Å²) in [5.41, 5.74) is 0.463. The van der Waals surface area contributed by atoms with Crippen molar-refractivity contribution in [2.75, 3.05) is 10.6 Å². The lowest BCUT2D eigenvalue weighted by molar-refractivity contribution is -0.133. The summed E-state index contributed by atoms with van der Waals surface area (Å²) < 4.78 is 12.9. The molecule has 0 spiro atoms. The molecule has 0 saturated heterocycles. The first-order valence-electron chi connectivity index (χ1n) is 5.71. The summed E-state index contributed by atoms with van der Waals surface area (Å²) in [5.74, 6) is -2.40. The summed E-state index contributed by atoms with van der Waals surface area (Å²) in [6.07, 6.45) is 0. The Kier molecular flexibility index (Phi) is 3.95. The van der Waals surface area contributed by atoms with E-state index in [1.165, 1.54) is 42.5 Å². The number of carbonyl (C=O) groups excluding carboxylic acids is 2. The molecule has 0 aliphatic carbocycles. The van der Waals surface area contributed by atoms with E-state index in [4.69, 9.17) is 0 Å². The molecular formula is C14H11FN2O3. The number of hydrogen-bond donors (Lipinski definition) is 3. The van der Waals surface area contributed by atoms with Crippen LogP contribution < -0.4 is 10.6 Å². The van der Waals surface area contributed by atoms with E-state index >= 15 is 0 Å². The maximum atomic E-state index is 12.9. The second-order valence-electron chi connectivity index (χ2n) is 3.97. The molecule has 2 aromatic rings. The number of halogens is 1. The summed E-state index contributed by atoms with van der Waals surface area (Å²) in [5, 5.41) is 13.8. The van der Waals surface area contributed by atoms with Crippen LogP contribution in [-0.2, 0) is 9.59 Å². The predicted octanol–water partition coefficient (Wildman–Crippen LogP) is 2.11. The van der Waals surface area contributed by atoms with E-state index in [1.54, 1.807) is 0 Å². The van der Waals surface area contributed by atoms with Gasteiger partial charge in [-0.15, -0.1) is 0 Å². The van der Waals surface area contributed by atoms with Gasteiger partial charge in [0.2, 0.25) is 0 Å². The van der Waals surface area contributed by atoms with E-state index in [-0.39, 0.29) is 17.1 Å². The van der Waals surface area contributed by atoms with Crippen molar-refractivity contribution in [3.8, 4) is 5.75 Å². The number of hydrogen-bond acceptors (Lipinski definition) is 3. The van der Waals surface area contributed by atoms with Gasteiger partial charge in [0.1, 0.15) is 11.6 Å². The lowest BCUT2D eigenvalue weighted by Crippen LogP contribution is -2.29. The highest BCUT2D eigenvalue weighted by atomic mass is 19.1. The number of nitrogens with one attached hydrogen (secondary N) is 2. The maximum Gasteiger partial charge on any atom is 0.314 e. The van der Waals surface area contributed by atoms with Crippen LogP contribution >= 0.6 is 0 Å². The van der Waals surface area contributed by atoms with Gasteiger partial charge < -0.3 is 15.7 Å². The van der Waals surface area contributed by atoms with Crippen LogP contribution in [0.2, 0.25) is 0 Å².